The van der Waals surface area contributed by atoms with Gasteiger partial charge in [-0.2, -0.15) is 19.9 Å². The summed E-state index contributed by atoms with van der Waals surface area (Å²) in [5.41, 5.74) is 16.5. The summed E-state index contributed by atoms with van der Waals surface area (Å²) in [5.74, 6) is 0.244. The lowest BCUT2D eigenvalue weighted by Gasteiger charge is -2.07. The topological polar surface area (TPSA) is 256 Å². The number of hydrogen-bond acceptors (Lipinski definition) is 12. The van der Waals surface area contributed by atoms with Gasteiger partial charge in [-0.25, -0.2) is 9.59 Å². The van der Waals surface area contributed by atoms with Crippen LogP contribution in [0.5, 0.6) is 12.0 Å². The minimum Gasteiger partial charge on any atom is -0.463 e. The van der Waals surface area contributed by atoms with Crippen molar-refractivity contribution in [2.75, 3.05) is 38.8 Å². The Kier molecular flexibility index (Phi) is 13.8. The fourth-order valence-electron chi connectivity index (χ4n) is 5.54. The third-order valence-corrected chi connectivity index (χ3v) is 8.73. The van der Waals surface area contributed by atoms with Gasteiger partial charge in [0.05, 0.1) is 39.1 Å². The minimum absolute atomic E-state index is 0.0524. The normalized spacial score (nSPS) is 10.9. The monoisotopic (exact) mass is 768 g/mol. The van der Waals surface area contributed by atoms with Crippen molar-refractivity contribution in [1.82, 2.24) is 49.7 Å². The molecule has 296 valence electrons. The maximum absolute atomic E-state index is 12.4. The van der Waals surface area contributed by atoms with Crippen LogP contribution in [0.3, 0.4) is 0 Å². The first-order chi connectivity index (χ1) is 27.0. The Bertz CT molecular complexity index is 2210. The second-order valence-electron chi connectivity index (χ2n) is 12.9. The highest BCUT2D eigenvalue weighted by Crippen LogP contribution is 2.20. The Balaban J connectivity index is 0.000000214. The van der Waals surface area contributed by atoms with Crippen LogP contribution in [0.1, 0.15) is 61.8 Å². The fraction of sp³-hybridized carbons (Fsp3) is 0.368. The van der Waals surface area contributed by atoms with Gasteiger partial charge in [0.1, 0.15) is 11.0 Å². The average molecular weight is 769 g/mol. The molecule has 4 heterocycles. The zero-order chi connectivity index (χ0) is 40.2. The predicted molar refractivity (Wildman–Crippen MR) is 213 cm³/mol. The smallest absolute Gasteiger partial charge is 0.328 e. The van der Waals surface area contributed by atoms with Gasteiger partial charge in [0, 0.05) is 14.1 Å². The van der Waals surface area contributed by atoms with E-state index in [0.29, 0.717) is 61.5 Å². The van der Waals surface area contributed by atoms with Gasteiger partial charge in [-0.3, -0.25) is 18.7 Å². The zero-order valence-electron chi connectivity index (χ0n) is 32.0. The molecule has 0 saturated carbocycles. The number of unbranched alkanes of at least 4 members (excludes halogenated alkanes) is 2. The lowest BCUT2D eigenvalue weighted by molar-refractivity contribution is -0.120. The molecule has 0 aliphatic rings. The van der Waals surface area contributed by atoms with Crippen LogP contribution in [0, 0.1) is 0 Å². The van der Waals surface area contributed by atoms with Crippen LogP contribution in [0.4, 0.5) is 11.6 Å². The largest absolute Gasteiger partial charge is 0.463 e. The first-order valence-corrected chi connectivity index (χ1v) is 18.4. The molecule has 8 N–H and O–H groups in total. The molecule has 2 amide bonds. The molecule has 2 aromatic carbocycles. The number of nitrogens with zero attached hydrogens (tertiary/aromatic N) is 6. The molecule has 0 unspecified atom stereocenters. The molecule has 18 nitrogen and oxygen atoms in total. The van der Waals surface area contributed by atoms with E-state index >= 15 is 0 Å². The number of aromatic nitrogens is 8. The van der Waals surface area contributed by atoms with Crippen molar-refractivity contribution in [3.63, 3.8) is 0 Å². The summed E-state index contributed by atoms with van der Waals surface area (Å²) in [5, 5.41) is 5.19. The van der Waals surface area contributed by atoms with Gasteiger partial charge < -0.3 is 41.5 Å². The highest BCUT2D eigenvalue weighted by Gasteiger charge is 2.17. The van der Waals surface area contributed by atoms with E-state index < -0.39 is 0 Å². The summed E-state index contributed by atoms with van der Waals surface area (Å²) >= 11 is 0. The standard InChI is InChI=1S/2C19H24N6O3/c2*1-3-4-9-28-18-23-16(20)15-17(24-18)25(19(27)22-15)11-13-7-5-12(6-8-13)10-14(26)21-2/h2*5-8H,3-4,9-11H2,1-2H3,(H,21,26)(H,22,27)(H2,20,23,24). The number of rotatable bonds is 16. The number of carbonyl (C=O) groups is 2. The quantitative estimate of drug-likeness (QED) is 0.0777. The minimum atomic E-state index is -0.323. The van der Waals surface area contributed by atoms with E-state index in [1.165, 1.54) is 9.13 Å². The van der Waals surface area contributed by atoms with Crippen molar-refractivity contribution in [2.24, 2.45) is 0 Å². The van der Waals surface area contributed by atoms with Crippen molar-refractivity contribution in [3.05, 3.63) is 91.8 Å². The van der Waals surface area contributed by atoms with E-state index in [4.69, 9.17) is 20.9 Å². The number of carbonyl (C=O) groups excluding carboxylic acids is 2. The molecule has 0 spiro atoms. The number of benzene rings is 2. The molecule has 0 aliphatic heterocycles. The van der Waals surface area contributed by atoms with E-state index in [-0.39, 0.29) is 46.9 Å². The molecule has 0 radical (unpaired) electrons. The number of nitrogens with two attached hydrogens (primary N) is 2. The Morgan fingerprint density at radius 1 is 0.625 bits per heavy atom. The molecule has 56 heavy (non-hydrogen) atoms. The van der Waals surface area contributed by atoms with Gasteiger partial charge in [-0.05, 0) is 35.1 Å². The fourth-order valence-corrected chi connectivity index (χ4v) is 5.54. The molecule has 6 aromatic rings. The van der Waals surface area contributed by atoms with E-state index in [9.17, 15) is 19.2 Å². The number of amides is 2. The Morgan fingerprint density at radius 2 is 0.982 bits per heavy atom. The summed E-state index contributed by atoms with van der Waals surface area (Å²) in [6, 6.07) is 15.3. The molecular formula is C38H48N12O6. The summed E-state index contributed by atoms with van der Waals surface area (Å²) in [6.45, 7) is 5.72. The molecule has 0 bridgehead atoms. The molecule has 6 rings (SSSR count). The maximum Gasteiger partial charge on any atom is 0.328 e. The van der Waals surface area contributed by atoms with Crippen LogP contribution in [0.2, 0.25) is 0 Å². The van der Waals surface area contributed by atoms with E-state index in [1.807, 2.05) is 48.5 Å². The molecule has 0 aliphatic carbocycles. The van der Waals surface area contributed by atoms with E-state index in [2.05, 4.69) is 54.4 Å². The summed E-state index contributed by atoms with van der Waals surface area (Å²) < 4.78 is 14.1. The first kappa shape index (κ1) is 40.5. The van der Waals surface area contributed by atoms with Crippen LogP contribution in [0.25, 0.3) is 22.3 Å². The van der Waals surface area contributed by atoms with Crippen molar-refractivity contribution in [1.29, 1.82) is 0 Å². The molecule has 0 fully saturated rings. The van der Waals surface area contributed by atoms with Crippen LogP contribution < -0.4 is 43.0 Å². The van der Waals surface area contributed by atoms with Crippen LogP contribution in [-0.2, 0) is 35.5 Å². The lowest BCUT2D eigenvalue weighted by atomic mass is 10.1. The second-order valence-corrected chi connectivity index (χ2v) is 12.9. The number of H-pyrrole nitrogens is 2. The highest BCUT2D eigenvalue weighted by atomic mass is 16.5. The molecule has 18 heteroatoms. The number of anilines is 2. The molecule has 0 atom stereocenters. The molecule has 4 aromatic heterocycles. The predicted octanol–water partition coefficient (Wildman–Crippen LogP) is 2.44. The van der Waals surface area contributed by atoms with Crippen LogP contribution in [-0.4, -0.2) is 78.2 Å². The van der Waals surface area contributed by atoms with Crippen molar-refractivity contribution in [2.45, 2.75) is 65.5 Å². The summed E-state index contributed by atoms with van der Waals surface area (Å²) in [4.78, 5) is 70.1. The number of nitrogen functional groups attached to an aromatic ring is 2. The van der Waals surface area contributed by atoms with Gasteiger partial charge in [0.15, 0.2) is 22.9 Å². The van der Waals surface area contributed by atoms with E-state index in [1.54, 1.807) is 14.1 Å². The zero-order valence-corrected chi connectivity index (χ0v) is 32.0. The third-order valence-electron chi connectivity index (χ3n) is 8.73. The number of ether oxygens (including phenoxy) is 2. The number of nitrogens with one attached hydrogen (secondary N) is 4. The second kappa shape index (κ2) is 19.0. The van der Waals surface area contributed by atoms with Gasteiger partial charge in [-0.1, -0.05) is 75.2 Å². The van der Waals surface area contributed by atoms with Gasteiger partial charge in [0.2, 0.25) is 11.8 Å². The van der Waals surface area contributed by atoms with Crippen LogP contribution in [0.15, 0.2) is 58.1 Å². The Hall–Kier alpha value is -6.72. The van der Waals surface area contributed by atoms with Crippen LogP contribution >= 0.6 is 0 Å². The number of imidazole rings is 2. The van der Waals surface area contributed by atoms with Crippen molar-refractivity contribution >= 4 is 45.8 Å². The van der Waals surface area contributed by atoms with E-state index in [0.717, 1.165) is 47.9 Å². The summed E-state index contributed by atoms with van der Waals surface area (Å²) in [6.07, 6.45) is 4.36. The highest BCUT2D eigenvalue weighted by molar-refractivity contribution is 5.83. The van der Waals surface area contributed by atoms with Crippen molar-refractivity contribution < 1.29 is 19.1 Å². The average Bonchev–Trinajstić information content (AvgIpc) is 3.68. The SMILES string of the molecule is CCCCOc1nc(N)c2[nH]c(=O)n(Cc3ccc(CC(=O)NC)cc3)c2n1.CCCCOc1nc(N)c2[nH]c(=O)n(Cc3ccc(CC(=O)NC)cc3)c2n1. The van der Waals surface area contributed by atoms with Gasteiger partial charge in [0.25, 0.3) is 0 Å². The third kappa shape index (κ3) is 10.3. The van der Waals surface area contributed by atoms with Gasteiger partial charge in [-0.15, -0.1) is 0 Å². The number of aromatic amines is 2. The Morgan fingerprint density at radius 3 is 1.32 bits per heavy atom. The van der Waals surface area contributed by atoms with Gasteiger partial charge >= 0.3 is 23.4 Å². The summed E-state index contributed by atoms with van der Waals surface area (Å²) in [7, 11) is 3.21. The first-order valence-electron chi connectivity index (χ1n) is 18.4. The number of fused-ring (bicyclic) bond motifs is 2. The van der Waals surface area contributed by atoms with Crippen molar-refractivity contribution in [3.8, 4) is 12.0 Å². The molecule has 0 saturated heterocycles. The Labute approximate surface area is 322 Å². The number of hydrogen-bond donors (Lipinski definition) is 6. The maximum atomic E-state index is 12.4. The lowest BCUT2D eigenvalue weighted by Crippen LogP contribution is -2.20. The molecular weight excluding hydrogens is 720 g/mol. The number of likely N-dealkylation sites (N-methyl/N-ethyl adjacent to an activating group) is 2.